The van der Waals surface area contributed by atoms with Crippen molar-refractivity contribution in [2.24, 2.45) is 11.8 Å². The van der Waals surface area contributed by atoms with Gasteiger partial charge in [0.25, 0.3) is 0 Å². The summed E-state index contributed by atoms with van der Waals surface area (Å²) in [5, 5.41) is 4.86. The fourth-order valence-corrected chi connectivity index (χ4v) is 7.58. The van der Waals surface area contributed by atoms with Crippen molar-refractivity contribution in [2.75, 3.05) is 0 Å². The molecule has 0 spiro atoms. The molecule has 309 valence electrons. The Bertz CT molecular complexity index is 2080. The number of rotatable bonds is 12. The van der Waals surface area contributed by atoms with Crippen LogP contribution in [0, 0.1) is 51.8 Å². The summed E-state index contributed by atoms with van der Waals surface area (Å²) in [6.45, 7) is 25.4. The number of aromatic nitrogens is 2. The topological polar surface area (TPSA) is 59.9 Å². The Morgan fingerprint density at radius 2 is 1.10 bits per heavy atom. The van der Waals surface area contributed by atoms with E-state index in [0.717, 1.165) is 48.2 Å². The smallest absolute Gasteiger partial charge is 0.143 e. The number of benzene rings is 4. The predicted molar refractivity (Wildman–Crippen MR) is 242 cm³/mol. The van der Waals surface area contributed by atoms with Crippen molar-refractivity contribution >= 4 is 33.1 Å². The Kier molecular flexibility index (Phi) is 18.8. The number of hydrogen-bond acceptors (Lipinski definition) is 4. The second-order valence-corrected chi connectivity index (χ2v) is 16.3. The van der Waals surface area contributed by atoms with Crippen LogP contribution < -0.4 is 0 Å². The van der Waals surface area contributed by atoms with Crippen molar-refractivity contribution in [3.63, 3.8) is 0 Å². The van der Waals surface area contributed by atoms with E-state index in [-0.39, 0.29) is 49.9 Å². The van der Waals surface area contributed by atoms with E-state index in [4.69, 9.17) is 0 Å². The van der Waals surface area contributed by atoms with Crippen molar-refractivity contribution in [2.45, 2.75) is 127 Å². The number of nitrogens with zero attached hydrogens (tertiary/aromatic N) is 2. The van der Waals surface area contributed by atoms with E-state index in [1.807, 2.05) is 40.0 Å². The zero-order chi connectivity index (χ0) is 41.8. The summed E-state index contributed by atoms with van der Waals surface area (Å²) < 4.78 is 0. The van der Waals surface area contributed by atoms with Gasteiger partial charge in [-0.2, -0.15) is 6.07 Å². The zero-order valence-corrected chi connectivity index (χ0v) is 39.4. The van der Waals surface area contributed by atoms with Gasteiger partial charge in [-0.15, -0.1) is 51.7 Å². The van der Waals surface area contributed by atoms with Gasteiger partial charge < -0.3 is 4.98 Å². The minimum atomic E-state index is 0. The fourth-order valence-electron chi connectivity index (χ4n) is 7.58. The molecule has 0 saturated carbocycles. The summed E-state index contributed by atoms with van der Waals surface area (Å²) in [4.78, 5) is 32.6. The van der Waals surface area contributed by atoms with Crippen LogP contribution in [0.1, 0.15) is 133 Å². The monoisotopic (exact) mass is 953 g/mol. The third kappa shape index (κ3) is 12.8. The van der Waals surface area contributed by atoms with Crippen molar-refractivity contribution in [3.05, 3.63) is 131 Å². The minimum Gasteiger partial charge on any atom is -0.387 e. The molecule has 2 heterocycles. The van der Waals surface area contributed by atoms with E-state index in [2.05, 4.69) is 150 Å². The van der Waals surface area contributed by atoms with E-state index in [1.54, 1.807) is 0 Å². The number of ketones is 2. The normalized spacial score (nSPS) is 11.0. The molecular formula is C53H64IrN2O2-2. The molecule has 0 saturated heterocycles. The molecular weight excluding hydrogens is 889 g/mol. The largest absolute Gasteiger partial charge is 0.387 e. The number of carbonyl (C=O) groups is 2. The second-order valence-electron chi connectivity index (χ2n) is 16.3. The van der Waals surface area contributed by atoms with Gasteiger partial charge in [-0.1, -0.05) is 134 Å². The Labute approximate surface area is 363 Å². The SMILES string of the molecule is CCC(CC)C(=O)CC(=O)C(CC)CC.Cc1[c-]c(-c2n[c-]cc3cc(C(C)C)ccc23)cc(C)c1.Cc1cc(C)cc(-c2nccc3cc(C(C)C)ccc23)c1.[Ir]. The van der Waals surface area contributed by atoms with Gasteiger partial charge in [0.05, 0.1) is 12.1 Å². The van der Waals surface area contributed by atoms with Crippen LogP contribution in [-0.4, -0.2) is 21.5 Å². The number of fused-ring (bicyclic) bond motifs is 2. The van der Waals surface area contributed by atoms with Gasteiger partial charge in [0.1, 0.15) is 11.6 Å². The van der Waals surface area contributed by atoms with E-state index in [0.29, 0.717) is 11.8 Å². The molecule has 5 heteroatoms. The maximum Gasteiger partial charge on any atom is 0.143 e. The van der Waals surface area contributed by atoms with E-state index < -0.39 is 0 Å². The van der Waals surface area contributed by atoms with Crippen LogP contribution in [0.25, 0.3) is 44.1 Å². The summed E-state index contributed by atoms with van der Waals surface area (Å²) in [5.74, 6) is 1.52. The van der Waals surface area contributed by atoms with Crippen LogP contribution in [0.5, 0.6) is 0 Å². The average Bonchev–Trinajstić information content (AvgIpc) is 3.17. The summed E-state index contributed by atoms with van der Waals surface area (Å²) in [7, 11) is 0. The summed E-state index contributed by atoms with van der Waals surface area (Å²) in [5.41, 5.74) is 12.0. The molecule has 6 rings (SSSR count). The van der Waals surface area contributed by atoms with Gasteiger partial charge in [-0.3, -0.25) is 14.6 Å². The van der Waals surface area contributed by atoms with Crippen molar-refractivity contribution in [1.82, 2.24) is 9.97 Å². The molecule has 2 aromatic heterocycles. The standard InChI is InChI=1S/C20H21N.C20H19N.C13H24O2.Ir/c2*1-13(2)16-5-6-19-17(12-16)7-8-21-20(19)18-10-14(3)9-15(4)11-18;1-5-10(6-2)12(14)9-13(15)11(7-3)8-4;/h5-13H,1-4H3;5-7,9-10,12-13H,1-4H3;10-11H,5-9H2,1-4H3;/q;-2;;. The van der Waals surface area contributed by atoms with E-state index in [1.165, 1.54) is 54.9 Å². The van der Waals surface area contributed by atoms with Gasteiger partial charge in [0, 0.05) is 49.1 Å². The van der Waals surface area contributed by atoms with Crippen LogP contribution in [-0.2, 0) is 29.7 Å². The molecule has 0 N–H and O–H groups in total. The molecule has 0 fully saturated rings. The van der Waals surface area contributed by atoms with E-state index >= 15 is 0 Å². The summed E-state index contributed by atoms with van der Waals surface area (Å²) in [6, 6.07) is 31.7. The maximum absolute atomic E-state index is 11.7. The maximum atomic E-state index is 11.7. The van der Waals surface area contributed by atoms with E-state index in [9.17, 15) is 9.59 Å². The molecule has 4 aromatic carbocycles. The van der Waals surface area contributed by atoms with Crippen LogP contribution in [0.2, 0.25) is 0 Å². The molecule has 58 heavy (non-hydrogen) atoms. The number of aryl methyl sites for hydroxylation is 4. The van der Waals surface area contributed by atoms with Crippen LogP contribution in [0.15, 0.2) is 85.1 Å². The fraction of sp³-hybridized carbons (Fsp3) is 0.396. The first-order valence-corrected chi connectivity index (χ1v) is 21.0. The first-order chi connectivity index (χ1) is 27.2. The number of Topliss-reactive ketones (excluding diaryl/α,β-unsaturated/α-hetero) is 2. The summed E-state index contributed by atoms with van der Waals surface area (Å²) >= 11 is 0. The molecule has 0 atom stereocenters. The molecule has 0 aliphatic rings. The zero-order valence-electron chi connectivity index (χ0n) is 37.0. The van der Waals surface area contributed by atoms with Gasteiger partial charge in [-0.25, -0.2) is 0 Å². The molecule has 0 aliphatic heterocycles. The average molecular weight is 953 g/mol. The molecule has 0 aliphatic carbocycles. The molecule has 0 amide bonds. The first-order valence-electron chi connectivity index (χ1n) is 21.0. The summed E-state index contributed by atoms with van der Waals surface area (Å²) in [6.07, 6.45) is 8.52. The first kappa shape index (κ1) is 48.1. The third-order valence-corrected chi connectivity index (χ3v) is 11.0. The Balaban J connectivity index is 0.000000235. The molecule has 6 aromatic rings. The Hall–Kier alpha value is -4.31. The number of carbonyl (C=O) groups excluding carboxylic acids is 2. The number of pyridine rings is 2. The number of hydrogen-bond donors (Lipinski definition) is 0. The van der Waals surface area contributed by atoms with Crippen LogP contribution in [0.4, 0.5) is 0 Å². The van der Waals surface area contributed by atoms with Crippen molar-refractivity contribution in [3.8, 4) is 22.5 Å². The third-order valence-electron chi connectivity index (χ3n) is 11.0. The van der Waals surface area contributed by atoms with Gasteiger partial charge in [-0.05, 0) is 80.5 Å². The van der Waals surface area contributed by atoms with Crippen molar-refractivity contribution < 1.29 is 29.7 Å². The second kappa shape index (κ2) is 22.7. The predicted octanol–water partition coefficient (Wildman–Crippen LogP) is 14.3. The van der Waals surface area contributed by atoms with Crippen LogP contribution in [0.3, 0.4) is 0 Å². The quantitative estimate of drug-likeness (QED) is 0.0906. The van der Waals surface area contributed by atoms with Gasteiger partial charge in [0.2, 0.25) is 0 Å². The van der Waals surface area contributed by atoms with Gasteiger partial charge >= 0.3 is 0 Å². The molecule has 0 unspecified atom stereocenters. The molecule has 0 bridgehead atoms. The van der Waals surface area contributed by atoms with Crippen LogP contribution >= 0.6 is 0 Å². The Morgan fingerprint density at radius 3 is 1.60 bits per heavy atom. The molecule has 4 nitrogen and oxygen atoms in total. The van der Waals surface area contributed by atoms with Crippen molar-refractivity contribution in [1.29, 1.82) is 0 Å². The molecule has 1 radical (unpaired) electrons. The minimum absolute atomic E-state index is 0. The Morgan fingerprint density at radius 1 is 0.603 bits per heavy atom. The van der Waals surface area contributed by atoms with Gasteiger partial charge in [0.15, 0.2) is 0 Å².